The minimum atomic E-state index is -1.01. The van der Waals surface area contributed by atoms with Crippen molar-refractivity contribution in [3.63, 3.8) is 0 Å². The fourth-order valence-corrected chi connectivity index (χ4v) is 1.80. The zero-order chi connectivity index (χ0) is 14.7. The Labute approximate surface area is 115 Å². The number of rotatable bonds is 5. The number of aryl methyl sites for hydroxylation is 2. The molecule has 2 aromatic rings. The molecule has 0 radical (unpaired) electrons. The molecular formula is C12H15N5O3. The minimum Gasteiger partial charge on any atom is -0.480 e. The number of carboxylic acids is 1. The van der Waals surface area contributed by atoms with Crippen LogP contribution in [0.5, 0.6) is 0 Å². The second-order valence-electron chi connectivity index (χ2n) is 4.39. The van der Waals surface area contributed by atoms with Gasteiger partial charge in [0.15, 0.2) is 0 Å². The van der Waals surface area contributed by atoms with E-state index in [0.29, 0.717) is 6.54 Å². The molecule has 8 nitrogen and oxygen atoms in total. The van der Waals surface area contributed by atoms with Gasteiger partial charge in [0.05, 0.1) is 5.69 Å². The standard InChI is InChI=1S/C12H15N5O3/c1-8-9(6-16(2)14-8)5-13-12(20)10-3-4-17(15-10)7-11(18)19/h3-4,6H,5,7H2,1-2H3,(H,13,20)(H,18,19). The van der Waals surface area contributed by atoms with E-state index in [0.717, 1.165) is 11.3 Å². The van der Waals surface area contributed by atoms with Crippen molar-refractivity contribution in [3.05, 3.63) is 35.4 Å². The third-order valence-corrected chi connectivity index (χ3v) is 2.73. The first-order valence-corrected chi connectivity index (χ1v) is 5.98. The van der Waals surface area contributed by atoms with Crippen LogP contribution in [0.15, 0.2) is 18.5 Å². The average Bonchev–Trinajstić information content (AvgIpc) is 2.92. The van der Waals surface area contributed by atoms with Gasteiger partial charge in [-0.25, -0.2) is 0 Å². The fourth-order valence-electron chi connectivity index (χ4n) is 1.80. The number of aliphatic carboxylic acids is 1. The molecule has 0 bridgehead atoms. The second-order valence-corrected chi connectivity index (χ2v) is 4.39. The van der Waals surface area contributed by atoms with Gasteiger partial charge in [0.25, 0.3) is 5.91 Å². The average molecular weight is 277 g/mol. The molecular weight excluding hydrogens is 262 g/mol. The number of nitrogens with zero attached hydrogens (tertiary/aromatic N) is 4. The molecule has 8 heteroatoms. The number of aromatic nitrogens is 4. The molecule has 0 spiro atoms. The smallest absolute Gasteiger partial charge is 0.325 e. The molecule has 2 heterocycles. The van der Waals surface area contributed by atoms with Crippen molar-refractivity contribution in [2.75, 3.05) is 0 Å². The lowest BCUT2D eigenvalue weighted by molar-refractivity contribution is -0.137. The van der Waals surface area contributed by atoms with Gasteiger partial charge in [0, 0.05) is 31.5 Å². The molecule has 0 saturated carbocycles. The third-order valence-electron chi connectivity index (χ3n) is 2.73. The van der Waals surface area contributed by atoms with Crippen LogP contribution in [0.2, 0.25) is 0 Å². The minimum absolute atomic E-state index is 0.188. The van der Waals surface area contributed by atoms with E-state index in [-0.39, 0.29) is 18.1 Å². The van der Waals surface area contributed by atoms with Crippen LogP contribution in [0.25, 0.3) is 0 Å². The van der Waals surface area contributed by atoms with Crippen molar-refractivity contribution in [3.8, 4) is 0 Å². The Bertz CT molecular complexity index is 643. The van der Waals surface area contributed by atoms with Gasteiger partial charge < -0.3 is 10.4 Å². The van der Waals surface area contributed by atoms with Crippen LogP contribution in [-0.4, -0.2) is 36.5 Å². The summed E-state index contributed by atoms with van der Waals surface area (Å²) in [5.74, 6) is -1.36. The quantitative estimate of drug-likeness (QED) is 0.797. The Hall–Kier alpha value is -2.64. The van der Waals surface area contributed by atoms with Gasteiger partial charge in [-0.1, -0.05) is 0 Å². The maximum Gasteiger partial charge on any atom is 0.325 e. The van der Waals surface area contributed by atoms with Crippen LogP contribution in [0.1, 0.15) is 21.7 Å². The van der Waals surface area contributed by atoms with E-state index in [4.69, 9.17) is 5.11 Å². The van der Waals surface area contributed by atoms with Gasteiger partial charge in [0.2, 0.25) is 0 Å². The Morgan fingerprint density at radius 3 is 2.75 bits per heavy atom. The summed E-state index contributed by atoms with van der Waals surface area (Å²) in [6.45, 7) is 1.95. The number of hydrogen-bond acceptors (Lipinski definition) is 4. The largest absolute Gasteiger partial charge is 0.480 e. The Balaban J connectivity index is 1.96. The van der Waals surface area contributed by atoms with Gasteiger partial charge in [-0.3, -0.25) is 19.0 Å². The summed E-state index contributed by atoms with van der Waals surface area (Å²) in [6.07, 6.45) is 3.29. The highest BCUT2D eigenvalue weighted by atomic mass is 16.4. The van der Waals surface area contributed by atoms with Crippen molar-refractivity contribution < 1.29 is 14.7 Å². The van der Waals surface area contributed by atoms with Crippen LogP contribution < -0.4 is 5.32 Å². The number of amides is 1. The summed E-state index contributed by atoms with van der Waals surface area (Å²) < 4.78 is 2.88. The summed E-state index contributed by atoms with van der Waals surface area (Å²) >= 11 is 0. The van der Waals surface area contributed by atoms with E-state index in [1.54, 1.807) is 4.68 Å². The maximum atomic E-state index is 11.9. The molecule has 0 unspecified atom stereocenters. The molecule has 0 aliphatic rings. The van der Waals surface area contributed by atoms with E-state index in [1.165, 1.54) is 16.9 Å². The van der Waals surface area contributed by atoms with Crippen LogP contribution in [0.4, 0.5) is 0 Å². The van der Waals surface area contributed by atoms with Gasteiger partial charge in [0.1, 0.15) is 12.2 Å². The molecule has 2 N–H and O–H groups in total. The normalized spacial score (nSPS) is 10.5. The predicted octanol–water partition coefficient (Wildman–Crippen LogP) is -0.0604. The van der Waals surface area contributed by atoms with Gasteiger partial charge >= 0.3 is 5.97 Å². The summed E-state index contributed by atoms with van der Waals surface area (Å²) in [7, 11) is 1.81. The Kier molecular flexibility index (Phi) is 3.83. The molecule has 0 saturated heterocycles. The van der Waals surface area contributed by atoms with Crippen molar-refractivity contribution in [1.82, 2.24) is 24.9 Å². The Morgan fingerprint density at radius 1 is 1.40 bits per heavy atom. The summed E-state index contributed by atoms with van der Waals surface area (Å²) in [6, 6.07) is 1.48. The van der Waals surface area contributed by atoms with Crippen molar-refractivity contribution in [2.45, 2.75) is 20.0 Å². The number of carboxylic acid groups (broad SMARTS) is 1. The first kappa shape index (κ1) is 13.8. The molecule has 0 aliphatic heterocycles. The van der Waals surface area contributed by atoms with Gasteiger partial charge in [-0.15, -0.1) is 0 Å². The molecule has 0 aromatic carbocycles. The van der Waals surface area contributed by atoms with Crippen LogP contribution in [0, 0.1) is 6.92 Å². The lowest BCUT2D eigenvalue weighted by atomic mass is 10.2. The van der Waals surface area contributed by atoms with E-state index >= 15 is 0 Å². The van der Waals surface area contributed by atoms with Crippen LogP contribution >= 0.6 is 0 Å². The molecule has 106 valence electrons. The summed E-state index contributed by atoms with van der Waals surface area (Å²) in [5, 5.41) is 19.4. The molecule has 0 fully saturated rings. The topological polar surface area (TPSA) is 102 Å². The lowest BCUT2D eigenvalue weighted by Crippen LogP contribution is -2.24. The highest BCUT2D eigenvalue weighted by Crippen LogP contribution is 2.04. The maximum absolute atomic E-state index is 11.9. The van der Waals surface area contributed by atoms with Crippen molar-refractivity contribution in [1.29, 1.82) is 0 Å². The zero-order valence-corrected chi connectivity index (χ0v) is 11.2. The second kappa shape index (κ2) is 5.55. The molecule has 2 aromatic heterocycles. The highest BCUT2D eigenvalue weighted by molar-refractivity contribution is 5.92. The van der Waals surface area contributed by atoms with Crippen LogP contribution in [0.3, 0.4) is 0 Å². The number of nitrogens with one attached hydrogen (secondary N) is 1. The number of carbonyl (C=O) groups excluding carboxylic acids is 1. The van der Waals surface area contributed by atoms with Crippen molar-refractivity contribution in [2.24, 2.45) is 7.05 Å². The molecule has 1 amide bonds. The van der Waals surface area contributed by atoms with Crippen molar-refractivity contribution >= 4 is 11.9 Å². The number of hydrogen-bond donors (Lipinski definition) is 2. The van der Waals surface area contributed by atoms with Gasteiger partial charge in [-0.2, -0.15) is 10.2 Å². The third kappa shape index (κ3) is 3.22. The first-order chi connectivity index (χ1) is 9.45. The zero-order valence-electron chi connectivity index (χ0n) is 11.2. The SMILES string of the molecule is Cc1nn(C)cc1CNC(=O)c1ccn(CC(=O)O)n1. The molecule has 0 aliphatic carbocycles. The van der Waals surface area contributed by atoms with E-state index < -0.39 is 5.97 Å². The van der Waals surface area contributed by atoms with E-state index in [9.17, 15) is 9.59 Å². The first-order valence-electron chi connectivity index (χ1n) is 5.98. The van der Waals surface area contributed by atoms with Gasteiger partial charge in [-0.05, 0) is 13.0 Å². The fraction of sp³-hybridized carbons (Fsp3) is 0.333. The monoisotopic (exact) mass is 277 g/mol. The molecule has 0 atom stereocenters. The predicted molar refractivity (Wildman–Crippen MR) is 69.0 cm³/mol. The summed E-state index contributed by atoms with van der Waals surface area (Å²) in [5.41, 5.74) is 1.96. The molecule has 20 heavy (non-hydrogen) atoms. The highest BCUT2D eigenvalue weighted by Gasteiger charge is 2.11. The van der Waals surface area contributed by atoms with Crippen LogP contribution in [-0.2, 0) is 24.9 Å². The van der Waals surface area contributed by atoms with E-state index in [1.807, 2.05) is 20.2 Å². The van der Waals surface area contributed by atoms with E-state index in [2.05, 4.69) is 15.5 Å². The summed E-state index contributed by atoms with van der Waals surface area (Å²) in [4.78, 5) is 22.4. The lowest BCUT2D eigenvalue weighted by Gasteiger charge is -2.01. The number of carbonyl (C=O) groups is 2. The Morgan fingerprint density at radius 2 is 2.15 bits per heavy atom. The molecule has 2 rings (SSSR count).